The molecule has 1 aromatic heterocycles. The molecule has 2 heterocycles. The first-order chi connectivity index (χ1) is 9.65. The lowest BCUT2D eigenvalue weighted by Crippen LogP contribution is -2.22. The van der Waals surface area contributed by atoms with E-state index in [9.17, 15) is 4.79 Å². The largest absolute Gasteiger partial charge is 0.311 e. The fourth-order valence-electron chi connectivity index (χ4n) is 2.18. The first-order valence-corrected chi connectivity index (χ1v) is 8.29. The molecule has 0 spiro atoms. The Balaban J connectivity index is 1.82. The van der Waals surface area contributed by atoms with Crippen LogP contribution >= 0.6 is 38.9 Å². The van der Waals surface area contributed by atoms with Gasteiger partial charge in [-0.25, -0.2) is 4.98 Å². The van der Waals surface area contributed by atoms with Crippen molar-refractivity contribution < 1.29 is 4.79 Å². The number of ketones is 1. The molecule has 1 aromatic carbocycles. The number of Topliss-reactive ketones (excluding diaryl/α,β-unsaturated/α-hetero) is 1. The fraction of sp³-hybridized carbons (Fsp3) is 0.286. The predicted molar refractivity (Wildman–Crippen MR) is 84.7 cm³/mol. The molecule has 6 heteroatoms. The minimum Gasteiger partial charge on any atom is -0.311 e. The Bertz CT molecular complexity index is 648. The van der Waals surface area contributed by atoms with Crippen molar-refractivity contribution in [3.63, 3.8) is 0 Å². The highest BCUT2D eigenvalue weighted by Gasteiger charge is 2.19. The van der Waals surface area contributed by atoms with E-state index in [4.69, 9.17) is 11.6 Å². The summed E-state index contributed by atoms with van der Waals surface area (Å²) >= 11 is 11.1. The van der Waals surface area contributed by atoms with Gasteiger partial charge in [-0.2, -0.15) is 0 Å². The molecule has 0 aliphatic carbocycles. The maximum atomic E-state index is 12.3. The van der Waals surface area contributed by atoms with Crippen LogP contribution in [0.5, 0.6) is 0 Å². The molecule has 0 saturated heterocycles. The van der Waals surface area contributed by atoms with E-state index >= 15 is 0 Å². The summed E-state index contributed by atoms with van der Waals surface area (Å²) in [6.07, 6.45) is 1.19. The molecule has 0 amide bonds. The molecule has 3 rings (SSSR count). The SMILES string of the molecule is O=C(Cc1cccc(Br)c1Cl)c1nc2c(s1)CNCC2. The smallest absolute Gasteiger partial charge is 0.195 e. The van der Waals surface area contributed by atoms with Crippen LogP contribution in [-0.2, 0) is 19.4 Å². The monoisotopic (exact) mass is 370 g/mol. The third-order valence-electron chi connectivity index (χ3n) is 3.22. The quantitative estimate of drug-likeness (QED) is 0.838. The van der Waals surface area contributed by atoms with Crippen molar-refractivity contribution in [2.75, 3.05) is 6.54 Å². The average Bonchev–Trinajstić information content (AvgIpc) is 2.88. The maximum absolute atomic E-state index is 12.3. The molecule has 1 aliphatic heterocycles. The van der Waals surface area contributed by atoms with Crippen LogP contribution in [0.15, 0.2) is 22.7 Å². The Morgan fingerprint density at radius 3 is 3.15 bits per heavy atom. The number of hydrogen-bond acceptors (Lipinski definition) is 4. The third kappa shape index (κ3) is 2.81. The Labute approximate surface area is 134 Å². The van der Waals surface area contributed by atoms with Crippen LogP contribution in [0.1, 0.15) is 25.9 Å². The van der Waals surface area contributed by atoms with E-state index in [1.807, 2.05) is 18.2 Å². The van der Waals surface area contributed by atoms with Gasteiger partial charge in [0.25, 0.3) is 0 Å². The van der Waals surface area contributed by atoms with Crippen molar-refractivity contribution >= 4 is 44.7 Å². The molecule has 0 atom stereocenters. The number of fused-ring (bicyclic) bond motifs is 1. The second kappa shape index (κ2) is 5.93. The molecule has 3 nitrogen and oxygen atoms in total. The lowest BCUT2D eigenvalue weighted by atomic mass is 10.1. The van der Waals surface area contributed by atoms with Gasteiger partial charge in [-0.15, -0.1) is 11.3 Å². The first kappa shape index (κ1) is 14.2. The zero-order valence-electron chi connectivity index (χ0n) is 10.6. The lowest BCUT2D eigenvalue weighted by Gasteiger charge is -2.09. The third-order valence-corrected chi connectivity index (χ3v) is 5.70. The normalized spacial score (nSPS) is 14.1. The van der Waals surface area contributed by atoms with Gasteiger partial charge in [-0.05, 0) is 27.6 Å². The molecule has 1 N–H and O–H groups in total. The number of carbonyl (C=O) groups is 1. The number of nitrogens with zero attached hydrogens (tertiary/aromatic N) is 1. The van der Waals surface area contributed by atoms with Crippen molar-refractivity contribution in [2.45, 2.75) is 19.4 Å². The highest BCUT2D eigenvalue weighted by Crippen LogP contribution is 2.28. The summed E-state index contributed by atoms with van der Waals surface area (Å²) in [5.74, 6) is 0.0319. The van der Waals surface area contributed by atoms with E-state index in [1.165, 1.54) is 16.2 Å². The van der Waals surface area contributed by atoms with Crippen LogP contribution in [0.25, 0.3) is 0 Å². The Hall–Kier alpha value is -0.750. The minimum absolute atomic E-state index is 0.0319. The lowest BCUT2D eigenvalue weighted by molar-refractivity contribution is 0.0992. The zero-order valence-corrected chi connectivity index (χ0v) is 13.7. The number of thiazole rings is 1. The van der Waals surface area contributed by atoms with Crippen LogP contribution in [0.3, 0.4) is 0 Å². The molecule has 1 aliphatic rings. The van der Waals surface area contributed by atoms with Crippen LogP contribution in [0, 0.1) is 0 Å². The fourth-order valence-corrected chi connectivity index (χ4v) is 3.79. The van der Waals surface area contributed by atoms with E-state index in [2.05, 4.69) is 26.2 Å². The van der Waals surface area contributed by atoms with Gasteiger partial charge in [-0.1, -0.05) is 23.7 Å². The molecule has 0 unspecified atom stereocenters. The summed E-state index contributed by atoms with van der Waals surface area (Å²) < 4.78 is 0.812. The maximum Gasteiger partial charge on any atom is 0.195 e. The topological polar surface area (TPSA) is 42.0 Å². The number of hydrogen-bond donors (Lipinski definition) is 1. The van der Waals surface area contributed by atoms with E-state index in [1.54, 1.807) is 0 Å². The standard InChI is InChI=1S/C14H12BrClN2OS/c15-9-3-1-2-8(13(9)16)6-11(19)14-18-10-4-5-17-7-12(10)20-14/h1-3,17H,4-7H2. The van der Waals surface area contributed by atoms with E-state index in [0.717, 1.165) is 35.2 Å². The van der Waals surface area contributed by atoms with Crippen LogP contribution < -0.4 is 5.32 Å². The molecular formula is C14H12BrClN2OS. The summed E-state index contributed by atoms with van der Waals surface area (Å²) in [6, 6.07) is 5.62. The van der Waals surface area contributed by atoms with Crippen LogP contribution in [0.4, 0.5) is 0 Å². The van der Waals surface area contributed by atoms with Gasteiger partial charge in [-0.3, -0.25) is 4.79 Å². The summed E-state index contributed by atoms with van der Waals surface area (Å²) in [6.45, 7) is 1.75. The number of rotatable bonds is 3. The first-order valence-electron chi connectivity index (χ1n) is 6.30. The van der Waals surface area contributed by atoms with Crippen molar-refractivity contribution in [2.24, 2.45) is 0 Å². The summed E-state index contributed by atoms with van der Waals surface area (Å²) in [5.41, 5.74) is 1.90. The number of aromatic nitrogens is 1. The highest BCUT2D eigenvalue weighted by molar-refractivity contribution is 9.10. The zero-order chi connectivity index (χ0) is 14.1. The molecule has 0 radical (unpaired) electrons. The van der Waals surface area contributed by atoms with Crippen LogP contribution in [-0.4, -0.2) is 17.3 Å². The number of halogens is 2. The number of carbonyl (C=O) groups excluding carboxylic acids is 1. The molecule has 0 saturated carbocycles. The Morgan fingerprint density at radius 2 is 2.35 bits per heavy atom. The van der Waals surface area contributed by atoms with Gasteiger partial charge in [0, 0.05) is 35.3 Å². The Kier molecular flexibility index (Phi) is 4.21. The van der Waals surface area contributed by atoms with Gasteiger partial charge < -0.3 is 5.32 Å². The molecule has 20 heavy (non-hydrogen) atoms. The number of benzene rings is 1. The summed E-state index contributed by atoms with van der Waals surface area (Å²) in [5, 5.41) is 4.48. The van der Waals surface area contributed by atoms with Crippen LogP contribution in [0.2, 0.25) is 5.02 Å². The van der Waals surface area contributed by atoms with E-state index in [-0.39, 0.29) is 12.2 Å². The van der Waals surface area contributed by atoms with Gasteiger partial charge in [0.2, 0.25) is 0 Å². The second-order valence-electron chi connectivity index (χ2n) is 4.63. The van der Waals surface area contributed by atoms with Crippen molar-refractivity contribution in [1.29, 1.82) is 0 Å². The van der Waals surface area contributed by atoms with E-state index < -0.39 is 0 Å². The van der Waals surface area contributed by atoms with Crippen molar-refractivity contribution in [3.05, 3.63) is 48.8 Å². The van der Waals surface area contributed by atoms with E-state index in [0.29, 0.717) is 10.0 Å². The molecule has 0 fully saturated rings. The van der Waals surface area contributed by atoms with Gasteiger partial charge in [0.15, 0.2) is 10.8 Å². The van der Waals surface area contributed by atoms with Crippen molar-refractivity contribution in [3.8, 4) is 0 Å². The summed E-state index contributed by atoms with van der Waals surface area (Å²) in [4.78, 5) is 18.0. The molecule has 104 valence electrons. The predicted octanol–water partition coefficient (Wildman–Crippen LogP) is 3.63. The molecule has 2 aromatic rings. The number of nitrogens with one attached hydrogen (secondary N) is 1. The highest BCUT2D eigenvalue weighted by atomic mass is 79.9. The van der Waals surface area contributed by atoms with Gasteiger partial charge >= 0.3 is 0 Å². The average molecular weight is 372 g/mol. The Morgan fingerprint density at radius 1 is 1.50 bits per heavy atom. The summed E-state index contributed by atoms with van der Waals surface area (Å²) in [7, 11) is 0. The minimum atomic E-state index is 0.0319. The van der Waals surface area contributed by atoms with Crippen molar-refractivity contribution in [1.82, 2.24) is 10.3 Å². The molecule has 0 bridgehead atoms. The van der Waals surface area contributed by atoms with Gasteiger partial charge in [0.05, 0.1) is 10.7 Å². The second-order valence-corrected chi connectivity index (χ2v) is 6.94. The molecular weight excluding hydrogens is 360 g/mol. The van der Waals surface area contributed by atoms with Gasteiger partial charge in [0.1, 0.15) is 0 Å².